The lowest BCUT2D eigenvalue weighted by molar-refractivity contribution is -0.148. The largest absolute Gasteiger partial charge is 0.481 e. The molecule has 0 spiro atoms. The van der Waals surface area contributed by atoms with E-state index in [-0.39, 0.29) is 12.6 Å². The molecule has 0 aromatic heterocycles. The third-order valence-corrected chi connectivity index (χ3v) is 4.81. The van der Waals surface area contributed by atoms with Gasteiger partial charge in [-0.05, 0) is 12.8 Å². The Hall–Kier alpha value is -1.34. The lowest BCUT2D eigenvalue weighted by Gasteiger charge is -2.36. The smallest absolute Gasteiger partial charge is 0.320 e. The molecule has 0 saturated carbocycles. The van der Waals surface area contributed by atoms with Crippen molar-refractivity contribution in [2.75, 3.05) is 52.4 Å². The van der Waals surface area contributed by atoms with Crippen LogP contribution in [0.15, 0.2) is 0 Å². The molecule has 120 valence electrons. The number of carboxylic acid groups (broad SMARTS) is 1. The Morgan fingerprint density at radius 1 is 1.10 bits per heavy atom. The Morgan fingerprint density at radius 3 is 2.24 bits per heavy atom. The Labute approximate surface area is 125 Å². The molecule has 1 atom stereocenters. The quantitative estimate of drug-likeness (QED) is 0.757. The van der Waals surface area contributed by atoms with Crippen LogP contribution in [0.3, 0.4) is 0 Å². The predicted octanol–water partition coefficient (Wildman–Crippen LogP) is -0.0970. The van der Waals surface area contributed by atoms with Gasteiger partial charge in [-0.2, -0.15) is 0 Å². The maximum absolute atomic E-state index is 12.5. The maximum Gasteiger partial charge on any atom is 0.320 e. The minimum atomic E-state index is -0.798. The number of carbonyl (C=O) groups is 2. The summed E-state index contributed by atoms with van der Waals surface area (Å²) < 4.78 is 0. The summed E-state index contributed by atoms with van der Waals surface area (Å²) in [5.74, 6) is -0.798. The number of likely N-dealkylation sites (tertiary alicyclic amines) is 1. The van der Waals surface area contributed by atoms with Gasteiger partial charge in [-0.15, -0.1) is 0 Å². The second-order valence-electron chi connectivity index (χ2n) is 5.95. The van der Waals surface area contributed by atoms with E-state index in [4.69, 9.17) is 5.11 Å². The fourth-order valence-electron chi connectivity index (χ4n) is 3.15. The molecular weight excluding hydrogens is 274 g/mol. The van der Waals surface area contributed by atoms with E-state index >= 15 is 0 Å². The molecule has 0 aromatic rings. The average molecular weight is 299 g/mol. The number of rotatable bonds is 4. The molecule has 2 fully saturated rings. The first kappa shape index (κ1) is 16.0. The summed E-state index contributed by atoms with van der Waals surface area (Å²) in [6, 6.07) is -0.0461. The molecule has 7 nitrogen and oxygen atoms in total. The van der Waals surface area contributed by atoms with Crippen molar-refractivity contribution in [3.05, 3.63) is 0 Å². The van der Waals surface area contributed by atoms with Gasteiger partial charge >= 0.3 is 12.0 Å². The van der Waals surface area contributed by atoms with Crippen molar-refractivity contribution >= 4 is 12.0 Å². The highest BCUT2D eigenvalue weighted by molar-refractivity contribution is 5.79. The number of amides is 2. The molecule has 2 aliphatic rings. The van der Waals surface area contributed by atoms with Gasteiger partial charge in [0.25, 0.3) is 0 Å². The number of hydrogen-bond acceptors (Lipinski definition) is 4. The third-order valence-electron chi connectivity index (χ3n) is 4.81. The molecule has 0 aromatic carbocycles. The summed E-state index contributed by atoms with van der Waals surface area (Å²) in [4.78, 5) is 29.5. The standard InChI is InChI=1S/C14H25N3O4/c1-2-14(12(19)20)3-4-17(11-14)13(21)16-7-5-15(6-8-16)9-10-18/h18H,2-11H2,1H3,(H,19,20). The Morgan fingerprint density at radius 2 is 1.76 bits per heavy atom. The van der Waals surface area contributed by atoms with Gasteiger partial charge in [-0.3, -0.25) is 9.69 Å². The van der Waals surface area contributed by atoms with E-state index in [0.717, 1.165) is 13.1 Å². The van der Waals surface area contributed by atoms with E-state index in [1.54, 1.807) is 9.80 Å². The lowest BCUT2D eigenvalue weighted by Crippen LogP contribution is -2.53. The number of carboxylic acids is 1. The Balaban J connectivity index is 1.89. The molecule has 0 bridgehead atoms. The maximum atomic E-state index is 12.5. The minimum Gasteiger partial charge on any atom is -0.481 e. The second-order valence-corrected chi connectivity index (χ2v) is 5.95. The van der Waals surface area contributed by atoms with Crippen LogP contribution in [0.2, 0.25) is 0 Å². The summed E-state index contributed by atoms with van der Waals surface area (Å²) >= 11 is 0. The minimum absolute atomic E-state index is 0.0461. The normalized spacial score (nSPS) is 27.1. The van der Waals surface area contributed by atoms with E-state index in [1.165, 1.54) is 0 Å². The summed E-state index contributed by atoms with van der Waals surface area (Å²) in [6.45, 7) is 6.29. The van der Waals surface area contributed by atoms with Gasteiger partial charge < -0.3 is 20.0 Å². The van der Waals surface area contributed by atoms with E-state index in [9.17, 15) is 14.7 Å². The van der Waals surface area contributed by atoms with Crippen LogP contribution < -0.4 is 0 Å². The molecule has 0 radical (unpaired) electrons. The molecule has 1 unspecified atom stereocenters. The number of aliphatic hydroxyl groups excluding tert-OH is 1. The summed E-state index contributed by atoms with van der Waals surface area (Å²) in [7, 11) is 0. The highest BCUT2D eigenvalue weighted by atomic mass is 16.4. The number of urea groups is 1. The molecule has 0 aliphatic carbocycles. The first-order valence-corrected chi connectivity index (χ1v) is 7.63. The SMILES string of the molecule is CCC1(C(=O)O)CCN(C(=O)N2CCN(CCO)CC2)C1. The van der Waals surface area contributed by atoms with Crippen molar-refractivity contribution in [1.82, 2.24) is 14.7 Å². The van der Waals surface area contributed by atoms with Crippen LogP contribution in [0.25, 0.3) is 0 Å². The van der Waals surface area contributed by atoms with Crippen molar-refractivity contribution < 1.29 is 19.8 Å². The van der Waals surface area contributed by atoms with Gasteiger partial charge in [0.1, 0.15) is 0 Å². The number of aliphatic carboxylic acids is 1. The summed E-state index contributed by atoms with van der Waals surface area (Å²) in [5.41, 5.74) is -0.769. The number of carbonyl (C=O) groups excluding carboxylic acids is 1. The van der Waals surface area contributed by atoms with Crippen molar-refractivity contribution in [3.63, 3.8) is 0 Å². The van der Waals surface area contributed by atoms with E-state index in [1.807, 2.05) is 6.92 Å². The van der Waals surface area contributed by atoms with Crippen molar-refractivity contribution in [3.8, 4) is 0 Å². The monoisotopic (exact) mass is 299 g/mol. The number of nitrogens with zero attached hydrogens (tertiary/aromatic N) is 3. The number of hydrogen-bond donors (Lipinski definition) is 2. The fraction of sp³-hybridized carbons (Fsp3) is 0.857. The van der Waals surface area contributed by atoms with E-state index in [0.29, 0.717) is 45.6 Å². The summed E-state index contributed by atoms with van der Waals surface area (Å²) in [6.07, 6.45) is 1.09. The topological polar surface area (TPSA) is 84.3 Å². The fourth-order valence-corrected chi connectivity index (χ4v) is 3.15. The zero-order chi connectivity index (χ0) is 15.5. The summed E-state index contributed by atoms with van der Waals surface area (Å²) in [5, 5.41) is 18.3. The number of piperazine rings is 1. The predicted molar refractivity (Wildman–Crippen MR) is 77.0 cm³/mol. The van der Waals surface area contributed by atoms with Gasteiger partial charge in [0.15, 0.2) is 0 Å². The van der Waals surface area contributed by atoms with Crippen LogP contribution in [0.5, 0.6) is 0 Å². The van der Waals surface area contributed by atoms with Crippen molar-refractivity contribution in [2.45, 2.75) is 19.8 Å². The van der Waals surface area contributed by atoms with Gasteiger partial charge in [0.2, 0.25) is 0 Å². The van der Waals surface area contributed by atoms with Gasteiger partial charge in [-0.1, -0.05) is 6.92 Å². The zero-order valence-electron chi connectivity index (χ0n) is 12.6. The molecule has 2 rings (SSSR count). The van der Waals surface area contributed by atoms with Crippen LogP contribution in [-0.4, -0.2) is 89.3 Å². The first-order valence-electron chi connectivity index (χ1n) is 7.63. The lowest BCUT2D eigenvalue weighted by atomic mass is 9.84. The van der Waals surface area contributed by atoms with Crippen LogP contribution in [0.1, 0.15) is 19.8 Å². The van der Waals surface area contributed by atoms with Crippen LogP contribution in [0.4, 0.5) is 4.79 Å². The first-order chi connectivity index (χ1) is 10.0. The Kier molecular flexibility index (Phi) is 5.05. The highest BCUT2D eigenvalue weighted by Crippen LogP contribution is 2.34. The molecule has 21 heavy (non-hydrogen) atoms. The van der Waals surface area contributed by atoms with E-state index in [2.05, 4.69) is 4.90 Å². The Bertz CT molecular complexity index is 396. The molecule has 2 heterocycles. The molecular formula is C14H25N3O4. The third kappa shape index (κ3) is 3.29. The van der Waals surface area contributed by atoms with Crippen LogP contribution in [0, 0.1) is 5.41 Å². The van der Waals surface area contributed by atoms with Gasteiger partial charge in [-0.25, -0.2) is 4.79 Å². The van der Waals surface area contributed by atoms with Crippen LogP contribution >= 0.6 is 0 Å². The average Bonchev–Trinajstić information content (AvgIpc) is 2.93. The molecule has 7 heteroatoms. The molecule has 2 saturated heterocycles. The zero-order valence-corrected chi connectivity index (χ0v) is 12.6. The molecule has 2 aliphatic heterocycles. The second kappa shape index (κ2) is 6.62. The van der Waals surface area contributed by atoms with Gasteiger partial charge in [0.05, 0.1) is 12.0 Å². The van der Waals surface area contributed by atoms with Gasteiger partial charge in [0, 0.05) is 45.8 Å². The number of aliphatic hydroxyl groups is 1. The molecule has 2 amide bonds. The van der Waals surface area contributed by atoms with E-state index < -0.39 is 11.4 Å². The van der Waals surface area contributed by atoms with Crippen molar-refractivity contribution in [1.29, 1.82) is 0 Å². The van der Waals surface area contributed by atoms with Crippen molar-refractivity contribution in [2.24, 2.45) is 5.41 Å². The highest BCUT2D eigenvalue weighted by Gasteiger charge is 2.45. The number of β-amino-alcohol motifs (C(OH)–C–C–N with tert-alkyl or cyclic N) is 1. The van der Waals surface area contributed by atoms with Crippen LogP contribution in [-0.2, 0) is 4.79 Å². The molecule has 2 N–H and O–H groups in total.